The minimum absolute atomic E-state index is 0.0587. The molecule has 0 spiro atoms. The van der Waals surface area contributed by atoms with Crippen LogP contribution in [0.25, 0.3) is 0 Å². The lowest BCUT2D eigenvalue weighted by atomic mass is 9.91. The van der Waals surface area contributed by atoms with Crippen LogP contribution in [0.2, 0.25) is 0 Å². The number of carbonyl (C=O) groups is 1. The third-order valence-electron chi connectivity index (χ3n) is 4.72. The highest BCUT2D eigenvalue weighted by atomic mass is 16.6. The van der Waals surface area contributed by atoms with Crippen molar-refractivity contribution in [1.29, 1.82) is 0 Å². The van der Waals surface area contributed by atoms with Crippen molar-refractivity contribution in [3.05, 3.63) is 63.2 Å². The molecule has 0 heterocycles. The third kappa shape index (κ3) is 3.85. The molecule has 6 nitrogen and oxygen atoms in total. The average Bonchev–Trinajstić information content (AvgIpc) is 2.63. The van der Waals surface area contributed by atoms with Crippen molar-refractivity contribution in [2.75, 3.05) is 5.32 Å². The Morgan fingerprint density at radius 3 is 2.77 bits per heavy atom. The van der Waals surface area contributed by atoms with Crippen LogP contribution in [-0.2, 0) is 17.6 Å². The van der Waals surface area contributed by atoms with E-state index >= 15 is 0 Å². The molecular formula is C20H22N2O4. The Bertz CT molecular complexity index is 848. The number of rotatable bonds is 5. The van der Waals surface area contributed by atoms with E-state index in [2.05, 4.69) is 11.4 Å². The summed E-state index contributed by atoms with van der Waals surface area (Å²) in [6, 6.07) is 10.4. The first-order valence-corrected chi connectivity index (χ1v) is 8.79. The Balaban J connectivity index is 1.73. The number of nitrogens with zero attached hydrogens (tertiary/aromatic N) is 1. The molecule has 6 heteroatoms. The molecular weight excluding hydrogens is 332 g/mol. The number of aryl methyl sites for hydroxylation is 2. The van der Waals surface area contributed by atoms with Gasteiger partial charge in [0.1, 0.15) is 5.75 Å². The van der Waals surface area contributed by atoms with Crippen molar-refractivity contribution in [2.45, 2.75) is 45.6 Å². The van der Waals surface area contributed by atoms with E-state index in [1.165, 1.54) is 29.7 Å². The summed E-state index contributed by atoms with van der Waals surface area (Å²) in [5.74, 6) is 0.419. The van der Waals surface area contributed by atoms with Gasteiger partial charge in [-0.15, -0.1) is 0 Å². The lowest BCUT2D eigenvalue weighted by Gasteiger charge is -2.22. The second-order valence-corrected chi connectivity index (χ2v) is 6.61. The number of fused-ring (bicyclic) bond motifs is 1. The van der Waals surface area contributed by atoms with E-state index in [1.54, 1.807) is 19.9 Å². The number of nitro benzene ring substituents is 1. The molecule has 0 aliphatic heterocycles. The van der Waals surface area contributed by atoms with E-state index in [0.717, 1.165) is 30.6 Å². The molecule has 0 fully saturated rings. The molecule has 1 aliphatic carbocycles. The van der Waals surface area contributed by atoms with Crippen molar-refractivity contribution >= 4 is 17.3 Å². The zero-order valence-electron chi connectivity index (χ0n) is 15.0. The fourth-order valence-electron chi connectivity index (χ4n) is 3.19. The molecule has 1 unspecified atom stereocenters. The van der Waals surface area contributed by atoms with Crippen LogP contribution in [0.1, 0.15) is 36.5 Å². The molecule has 26 heavy (non-hydrogen) atoms. The molecule has 2 aromatic carbocycles. The molecule has 1 aliphatic rings. The van der Waals surface area contributed by atoms with Crippen LogP contribution in [0.4, 0.5) is 11.4 Å². The number of ether oxygens (including phenoxy) is 1. The predicted octanol–water partition coefficient (Wildman–Crippen LogP) is 4.19. The van der Waals surface area contributed by atoms with Crippen molar-refractivity contribution in [2.24, 2.45) is 0 Å². The summed E-state index contributed by atoms with van der Waals surface area (Å²) in [6.45, 7) is 3.47. The number of benzene rings is 2. The topological polar surface area (TPSA) is 81.5 Å². The van der Waals surface area contributed by atoms with Crippen molar-refractivity contribution in [1.82, 2.24) is 0 Å². The molecule has 0 aromatic heterocycles. The van der Waals surface area contributed by atoms with Gasteiger partial charge in [-0.25, -0.2) is 0 Å². The van der Waals surface area contributed by atoms with Crippen molar-refractivity contribution in [3.8, 4) is 5.75 Å². The minimum atomic E-state index is -0.706. The fourth-order valence-corrected chi connectivity index (χ4v) is 3.19. The number of non-ortho nitro benzene ring substituents is 1. The molecule has 1 N–H and O–H groups in total. The van der Waals surface area contributed by atoms with Gasteiger partial charge in [0, 0.05) is 12.1 Å². The first-order chi connectivity index (χ1) is 12.5. The molecule has 0 saturated heterocycles. The first kappa shape index (κ1) is 17.9. The quantitative estimate of drug-likeness (QED) is 0.645. The molecule has 0 saturated carbocycles. The second-order valence-electron chi connectivity index (χ2n) is 6.61. The summed E-state index contributed by atoms with van der Waals surface area (Å²) in [7, 11) is 0. The Labute approximate surface area is 152 Å². The number of hydrogen-bond acceptors (Lipinski definition) is 4. The largest absolute Gasteiger partial charge is 0.481 e. The van der Waals surface area contributed by atoms with Gasteiger partial charge in [0.15, 0.2) is 6.10 Å². The first-order valence-electron chi connectivity index (χ1n) is 8.79. The summed E-state index contributed by atoms with van der Waals surface area (Å²) in [5.41, 5.74) is 3.60. The van der Waals surface area contributed by atoms with Gasteiger partial charge in [0.2, 0.25) is 0 Å². The number of hydrogen-bond donors (Lipinski definition) is 1. The third-order valence-corrected chi connectivity index (χ3v) is 4.72. The van der Waals surface area contributed by atoms with Crippen LogP contribution in [0.15, 0.2) is 36.4 Å². The maximum absolute atomic E-state index is 12.5. The standard InChI is InChI=1S/C20H22N2O4/c1-13-10-11-16(22(24)25)12-18(13)21-20(23)14(2)26-19-9-5-7-15-6-3-4-8-17(15)19/h5,7,9-12,14H,3-4,6,8H2,1-2H3,(H,21,23). The van der Waals surface area contributed by atoms with Crippen molar-refractivity contribution in [3.63, 3.8) is 0 Å². The summed E-state index contributed by atoms with van der Waals surface area (Å²) in [4.78, 5) is 23.0. The molecule has 2 aromatic rings. The van der Waals surface area contributed by atoms with E-state index in [0.29, 0.717) is 5.69 Å². The van der Waals surface area contributed by atoms with Crippen LogP contribution in [0.5, 0.6) is 5.75 Å². The van der Waals surface area contributed by atoms with Gasteiger partial charge < -0.3 is 10.1 Å². The Kier molecular flexibility index (Phi) is 5.21. The normalized spacial score (nSPS) is 14.2. The molecule has 0 bridgehead atoms. The lowest BCUT2D eigenvalue weighted by Crippen LogP contribution is -2.31. The average molecular weight is 354 g/mol. The smallest absolute Gasteiger partial charge is 0.271 e. The Morgan fingerprint density at radius 2 is 2.00 bits per heavy atom. The zero-order chi connectivity index (χ0) is 18.7. The monoisotopic (exact) mass is 354 g/mol. The van der Waals surface area contributed by atoms with E-state index in [4.69, 9.17) is 4.74 Å². The zero-order valence-corrected chi connectivity index (χ0v) is 15.0. The van der Waals surface area contributed by atoms with Gasteiger partial charge >= 0.3 is 0 Å². The maximum Gasteiger partial charge on any atom is 0.271 e. The van der Waals surface area contributed by atoms with Crippen LogP contribution in [0.3, 0.4) is 0 Å². The van der Waals surface area contributed by atoms with Gasteiger partial charge in [-0.05, 0) is 62.3 Å². The van der Waals surface area contributed by atoms with Crippen LogP contribution in [-0.4, -0.2) is 16.9 Å². The van der Waals surface area contributed by atoms with Crippen LogP contribution >= 0.6 is 0 Å². The number of carbonyl (C=O) groups excluding carboxylic acids is 1. The maximum atomic E-state index is 12.5. The second kappa shape index (κ2) is 7.56. The Morgan fingerprint density at radius 1 is 1.23 bits per heavy atom. The number of anilines is 1. The molecule has 1 amide bonds. The lowest BCUT2D eigenvalue weighted by molar-refractivity contribution is -0.384. The molecule has 136 valence electrons. The summed E-state index contributed by atoms with van der Waals surface area (Å²) >= 11 is 0. The highest BCUT2D eigenvalue weighted by Crippen LogP contribution is 2.30. The summed E-state index contributed by atoms with van der Waals surface area (Å²) < 4.78 is 5.92. The van der Waals surface area contributed by atoms with Crippen molar-refractivity contribution < 1.29 is 14.5 Å². The fraction of sp³-hybridized carbons (Fsp3) is 0.350. The molecule has 1 atom stereocenters. The van der Waals surface area contributed by atoms with Gasteiger partial charge in [0.05, 0.1) is 10.6 Å². The SMILES string of the molecule is Cc1ccc([N+](=O)[O-])cc1NC(=O)C(C)Oc1cccc2c1CCCC2. The summed E-state index contributed by atoms with van der Waals surface area (Å²) in [5, 5.41) is 13.7. The predicted molar refractivity (Wildman–Crippen MR) is 99.6 cm³/mol. The highest BCUT2D eigenvalue weighted by molar-refractivity contribution is 5.95. The molecule has 0 radical (unpaired) electrons. The number of nitro groups is 1. The Hall–Kier alpha value is -2.89. The number of nitrogens with one attached hydrogen (secondary N) is 1. The van der Waals surface area contributed by atoms with E-state index in [-0.39, 0.29) is 11.6 Å². The van der Waals surface area contributed by atoms with Crippen LogP contribution in [0, 0.1) is 17.0 Å². The van der Waals surface area contributed by atoms with E-state index in [1.807, 2.05) is 12.1 Å². The highest BCUT2D eigenvalue weighted by Gasteiger charge is 2.20. The number of amides is 1. The van der Waals surface area contributed by atoms with Gasteiger partial charge in [-0.2, -0.15) is 0 Å². The van der Waals surface area contributed by atoms with Gasteiger partial charge in [-0.3, -0.25) is 14.9 Å². The van der Waals surface area contributed by atoms with E-state index < -0.39 is 11.0 Å². The van der Waals surface area contributed by atoms with Gasteiger partial charge in [0.25, 0.3) is 11.6 Å². The molecule has 3 rings (SSSR count). The van der Waals surface area contributed by atoms with E-state index in [9.17, 15) is 14.9 Å². The van der Waals surface area contributed by atoms with Gasteiger partial charge in [-0.1, -0.05) is 18.2 Å². The summed E-state index contributed by atoms with van der Waals surface area (Å²) in [6.07, 6.45) is 3.60. The van der Waals surface area contributed by atoms with Crippen LogP contribution < -0.4 is 10.1 Å². The minimum Gasteiger partial charge on any atom is -0.481 e.